The van der Waals surface area contributed by atoms with Crippen LogP contribution >= 0.6 is 0 Å². The van der Waals surface area contributed by atoms with Crippen LogP contribution in [0, 0.1) is 0 Å². The molecule has 6 rings (SSSR count). The second kappa shape index (κ2) is 7.55. The number of H-pyrrole nitrogens is 2. The maximum atomic E-state index is 13.1. The van der Waals surface area contributed by atoms with Crippen molar-refractivity contribution in [1.29, 1.82) is 0 Å². The molecule has 170 valence electrons. The van der Waals surface area contributed by atoms with Gasteiger partial charge in [0.25, 0.3) is 0 Å². The molecule has 0 saturated heterocycles. The molecule has 2 aliphatic rings. The third-order valence-electron chi connectivity index (χ3n) is 6.24. The Morgan fingerprint density at radius 3 is 2.82 bits per heavy atom. The van der Waals surface area contributed by atoms with Gasteiger partial charge in [0.05, 0.1) is 5.52 Å². The van der Waals surface area contributed by atoms with Gasteiger partial charge in [-0.25, -0.2) is 4.98 Å². The van der Waals surface area contributed by atoms with Crippen molar-refractivity contribution in [2.45, 2.75) is 18.7 Å². The smallest absolute Gasteiger partial charge is 0.449 e. The number of nitrogens with zero attached hydrogens (tertiary/aromatic N) is 2. The van der Waals surface area contributed by atoms with Crippen LogP contribution in [0.2, 0.25) is 0 Å². The fraction of sp³-hybridized carbons (Fsp3) is 0.292. The number of aromatic nitrogens is 3. The number of aromatic amines is 2. The van der Waals surface area contributed by atoms with Gasteiger partial charge in [-0.2, -0.15) is 13.2 Å². The second-order valence-electron chi connectivity index (χ2n) is 8.41. The first kappa shape index (κ1) is 20.2. The average molecular weight is 454 g/mol. The first-order chi connectivity index (χ1) is 16.0. The number of benzene rings is 2. The Kier molecular flexibility index (Phi) is 4.62. The Morgan fingerprint density at radius 2 is 2.00 bits per heavy atom. The number of nitrogens with one attached hydrogen (secondary N) is 2. The maximum Gasteiger partial charge on any atom is 0.449 e. The Labute approximate surface area is 187 Å². The van der Waals surface area contributed by atoms with E-state index < -0.39 is 12.0 Å². The van der Waals surface area contributed by atoms with Gasteiger partial charge in [0.1, 0.15) is 18.2 Å². The van der Waals surface area contributed by atoms with Gasteiger partial charge < -0.3 is 19.4 Å². The molecule has 2 aliphatic heterocycles. The third-order valence-corrected chi connectivity index (χ3v) is 6.24. The number of imidazole rings is 1. The highest BCUT2D eigenvalue weighted by molar-refractivity contribution is 5.92. The van der Waals surface area contributed by atoms with E-state index >= 15 is 0 Å². The SMILES string of the molecule is FC(F)(F)c1nc2c3c(ccc2[nH]1)OCC(CN1CC=C(c2c[nH]c4ccccc24)CC1)O3. The average Bonchev–Trinajstić information content (AvgIpc) is 3.44. The largest absolute Gasteiger partial charge is 0.486 e. The molecule has 0 amide bonds. The summed E-state index contributed by atoms with van der Waals surface area (Å²) in [5.74, 6) is -0.357. The topological polar surface area (TPSA) is 66.2 Å². The molecule has 0 fully saturated rings. The summed E-state index contributed by atoms with van der Waals surface area (Å²) in [6.07, 6.45) is 0.356. The highest BCUT2D eigenvalue weighted by Gasteiger charge is 2.36. The first-order valence-corrected chi connectivity index (χ1v) is 10.8. The number of rotatable bonds is 3. The van der Waals surface area contributed by atoms with E-state index in [2.05, 4.69) is 44.3 Å². The zero-order chi connectivity index (χ0) is 22.6. The third kappa shape index (κ3) is 3.62. The van der Waals surface area contributed by atoms with Crippen molar-refractivity contribution < 1.29 is 22.6 Å². The molecule has 1 atom stereocenters. The van der Waals surface area contributed by atoms with Crippen molar-refractivity contribution in [2.75, 3.05) is 26.2 Å². The Hall–Kier alpha value is -3.46. The fourth-order valence-corrected chi connectivity index (χ4v) is 4.61. The summed E-state index contributed by atoms with van der Waals surface area (Å²) >= 11 is 0. The number of alkyl halides is 3. The van der Waals surface area contributed by atoms with Crippen LogP contribution in [0.25, 0.3) is 27.5 Å². The second-order valence-corrected chi connectivity index (χ2v) is 8.41. The number of hydrogen-bond donors (Lipinski definition) is 2. The summed E-state index contributed by atoms with van der Waals surface area (Å²) < 4.78 is 51.1. The molecule has 1 unspecified atom stereocenters. The maximum absolute atomic E-state index is 13.1. The van der Waals surface area contributed by atoms with Crippen molar-refractivity contribution in [3.63, 3.8) is 0 Å². The van der Waals surface area contributed by atoms with Crippen LogP contribution in [0.4, 0.5) is 13.2 Å². The van der Waals surface area contributed by atoms with E-state index in [9.17, 15) is 13.2 Å². The number of hydrogen-bond acceptors (Lipinski definition) is 4. The highest BCUT2D eigenvalue weighted by atomic mass is 19.4. The molecule has 0 spiro atoms. The summed E-state index contributed by atoms with van der Waals surface area (Å²) in [4.78, 5) is 11.6. The minimum Gasteiger partial charge on any atom is -0.486 e. The van der Waals surface area contributed by atoms with E-state index in [0.717, 1.165) is 25.0 Å². The Balaban J connectivity index is 1.18. The van der Waals surface area contributed by atoms with Crippen molar-refractivity contribution >= 4 is 27.5 Å². The van der Waals surface area contributed by atoms with Crippen LogP contribution in [-0.2, 0) is 6.18 Å². The van der Waals surface area contributed by atoms with Crippen molar-refractivity contribution in [3.05, 3.63) is 60.1 Å². The molecule has 9 heteroatoms. The van der Waals surface area contributed by atoms with E-state index in [4.69, 9.17) is 9.47 Å². The van der Waals surface area contributed by atoms with Gasteiger partial charge in [0, 0.05) is 42.3 Å². The molecule has 0 radical (unpaired) electrons. The van der Waals surface area contributed by atoms with Crippen LogP contribution < -0.4 is 9.47 Å². The van der Waals surface area contributed by atoms with E-state index in [0.29, 0.717) is 18.9 Å². The molecule has 2 aromatic heterocycles. The van der Waals surface area contributed by atoms with Crippen molar-refractivity contribution in [1.82, 2.24) is 19.9 Å². The monoisotopic (exact) mass is 454 g/mol. The van der Waals surface area contributed by atoms with Crippen LogP contribution in [0.15, 0.2) is 48.7 Å². The van der Waals surface area contributed by atoms with Gasteiger partial charge >= 0.3 is 6.18 Å². The lowest BCUT2D eigenvalue weighted by atomic mass is 9.99. The predicted octanol–water partition coefficient (Wildman–Crippen LogP) is 4.99. The quantitative estimate of drug-likeness (QED) is 0.458. The van der Waals surface area contributed by atoms with Gasteiger partial charge in [-0.3, -0.25) is 4.90 Å². The summed E-state index contributed by atoms with van der Waals surface area (Å²) in [6, 6.07) is 11.4. The Bertz CT molecular complexity index is 1370. The molecule has 33 heavy (non-hydrogen) atoms. The van der Waals surface area contributed by atoms with Gasteiger partial charge in [-0.05, 0) is 30.2 Å². The molecular formula is C24H21F3N4O2. The van der Waals surface area contributed by atoms with Crippen molar-refractivity contribution in [2.24, 2.45) is 0 Å². The van der Waals surface area contributed by atoms with Crippen LogP contribution in [0.3, 0.4) is 0 Å². The van der Waals surface area contributed by atoms with Gasteiger partial charge in [-0.15, -0.1) is 0 Å². The normalized spacial score (nSPS) is 19.2. The van der Waals surface area contributed by atoms with Crippen molar-refractivity contribution in [3.8, 4) is 11.5 Å². The molecule has 4 heterocycles. The zero-order valence-corrected chi connectivity index (χ0v) is 17.6. The van der Waals surface area contributed by atoms with E-state index in [-0.39, 0.29) is 22.9 Å². The molecule has 0 saturated carbocycles. The summed E-state index contributed by atoms with van der Waals surface area (Å²) in [7, 11) is 0. The molecule has 0 aliphatic carbocycles. The van der Waals surface area contributed by atoms with Crippen LogP contribution in [0.1, 0.15) is 17.8 Å². The lowest BCUT2D eigenvalue weighted by Crippen LogP contribution is -2.42. The molecule has 0 bridgehead atoms. The first-order valence-electron chi connectivity index (χ1n) is 10.8. The van der Waals surface area contributed by atoms with E-state index in [1.165, 1.54) is 22.6 Å². The highest BCUT2D eigenvalue weighted by Crippen LogP contribution is 2.40. The Morgan fingerprint density at radius 1 is 1.12 bits per heavy atom. The molecule has 2 N–H and O–H groups in total. The fourth-order valence-electron chi connectivity index (χ4n) is 4.61. The molecule has 2 aromatic carbocycles. The lowest BCUT2D eigenvalue weighted by Gasteiger charge is -2.32. The predicted molar refractivity (Wildman–Crippen MR) is 118 cm³/mol. The zero-order valence-electron chi connectivity index (χ0n) is 17.6. The summed E-state index contributed by atoms with van der Waals surface area (Å²) in [5.41, 5.74) is 4.09. The van der Waals surface area contributed by atoms with Gasteiger partial charge in [0.15, 0.2) is 11.5 Å². The molecule has 4 aromatic rings. The lowest BCUT2D eigenvalue weighted by molar-refractivity contribution is -0.144. The number of halogens is 3. The molecular weight excluding hydrogens is 433 g/mol. The number of ether oxygens (including phenoxy) is 2. The number of para-hydroxylation sites is 1. The van der Waals surface area contributed by atoms with E-state index in [1.54, 1.807) is 6.07 Å². The standard InChI is InChI=1S/C24H21F3N4O2/c25-24(26,27)23-29-19-5-6-20-22(21(19)30-23)33-15(13-32-20)12-31-9-7-14(8-10-31)17-11-28-18-4-2-1-3-16(17)18/h1-7,11,15,28H,8-10,12-13H2,(H,29,30). The molecule has 6 nitrogen and oxygen atoms in total. The number of fused-ring (bicyclic) bond motifs is 4. The van der Waals surface area contributed by atoms with E-state index in [1.807, 2.05) is 12.1 Å². The van der Waals surface area contributed by atoms with Crippen LogP contribution in [0.5, 0.6) is 11.5 Å². The van der Waals surface area contributed by atoms with Gasteiger partial charge in [-0.1, -0.05) is 24.3 Å². The minimum atomic E-state index is -4.55. The minimum absolute atomic E-state index is 0.143. The van der Waals surface area contributed by atoms with Gasteiger partial charge in [0.2, 0.25) is 5.82 Å². The van der Waals surface area contributed by atoms with Crippen LogP contribution in [-0.4, -0.2) is 52.2 Å². The summed E-state index contributed by atoms with van der Waals surface area (Å²) in [6.45, 7) is 2.59. The summed E-state index contributed by atoms with van der Waals surface area (Å²) in [5, 5.41) is 1.22.